The molecule has 5 rings (SSSR count). The van der Waals surface area contributed by atoms with Gasteiger partial charge in [-0.1, -0.05) is 99.9 Å². The Bertz CT molecular complexity index is 1240. The molecule has 0 amide bonds. The third kappa shape index (κ3) is 7.58. The van der Waals surface area contributed by atoms with Crippen molar-refractivity contribution in [2.45, 2.75) is 108 Å². The number of aryl methyl sites for hydroxylation is 4. The van der Waals surface area contributed by atoms with Gasteiger partial charge in [-0.15, -0.1) is 0 Å². The summed E-state index contributed by atoms with van der Waals surface area (Å²) >= 11 is 0. The van der Waals surface area contributed by atoms with Crippen LogP contribution in [-0.2, 0) is 32.6 Å². The molecule has 0 saturated heterocycles. The van der Waals surface area contributed by atoms with E-state index in [1.807, 2.05) is 0 Å². The zero-order valence-electron chi connectivity index (χ0n) is 25.7. The molecule has 1 aliphatic rings. The molecule has 0 N–H and O–H groups in total. The van der Waals surface area contributed by atoms with Crippen LogP contribution in [-0.4, -0.2) is 9.13 Å². The smallest absolute Gasteiger partial charge is 0.240 e. The summed E-state index contributed by atoms with van der Waals surface area (Å²) in [6, 6.07) is 18.6. The van der Waals surface area contributed by atoms with Gasteiger partial charge in [0.25, 0.3) is 0 Å². The van der Waals surface area contributed by atoms with Crippen LogP contribution in [0, 0.1) is 0 Å². The lowest BCUT2D eigenvalue weighted by Gasteiger charge is -2.33. The molecular weight excluding hydrogens is 500 g/mol. The first-order valence-electron chi connectivity index (χ1n) is 16.4. The van der Waals surface area contributed by atoms with Crippen molar-refractivity contribution < 1.29 is 9.13 Å². The molecule has 1 aliphatic carbocycles. The number of hydrogen-bond donors (Lipinski definition) is 0. The van der Waals surface area contributed by atoms with Crippen molar-refractivity contribution in [2.75, 3.05) is 0 Å². The van der Waals surface area contributed by atoms with Gasteiger partial charge in [0.1, 0.15) is 24.8 Å². The van der Waals surface area contributed by atoms with Crippen molar-refractivity contribution in [1.29, 1.82) is 0 Å². The van der Waals surface area contributed by atoms with E-state index in [2.05, 4.69) is 118 Å². The average Bonchev–Trinajstić information content (AvgIpc) is 3.68. The third-order valence-electron chi connectivity index (χ3n) is 9.36. The van der Waals surface area contributed by atoms with Gasteiger partial charge in [-0.2, -0.15) is 0 Å². The van der Waals surface area contributed by atoms with Crippen LogP contribution in [0.4, 0.5) is 0 Å². The second kappa shape index (κ2) is 14.7. The van der Waals surface area contributed by atoms with E-state index in [1.165, 1.54) is 101 Å². The van der Waals surface area contributed by atoms with Gasteiger partial charge in [-0.3, -0.25) is 0 Å². The van der Waals surface area contributed by atoms with Crippen molar-refractivity contribution >= 4 is 0 Å². The molecule has 218 valence electrons. The van der Waals surface area contributed by atoms with Gasteiger partial charge in [0.05, 0.1) is 27.2 Å². The first-order valence-corrected chi connectivity index (χ1v) is 16.4. The van der Waals surface area contributed by atoms with Crippen LogP contribution in [0.5, 0.6) is 0 Å². The number of benzene rings is 2. The molecule has 0 fully saturated rings. The lowest BCUT2D eigenvalue weighted by molar-refractivity contribution is -0.671. The Hall–Kier alpha value is -3.14. The molecule has 2 aromatic heterocycles. The molecule has 0 saturated carbocycles. The van der Waals surface area contributed by atoms with E-state index in [1.54, 1.807) is 11.1 Å². The summed E-state index contributed by atoms with van der Waals surface area (Å²) in [5.41, 5.74) is 6.36. The summed E-state index contributed by atoms with van der Waals surface area (Å²) < 4.78 is 8.87. The molecule has 4 nitrogen and oxygen atoms in total. The maximum absolute atomic E-state index is 2.44. The van der Waals surface area contributed by atoms with Crippen LogP contribution in [0.3, 0.4) is 0 Å². The van der Waals surface area contributed by atoms with E-state index in [4.69, 9.17) is 0 Å². The zero-order valence-corrected chi connectivity index (χ0v) is 25.7. The fourth-order valence-electron chi connectivity index (χ4n) is 7.20. The third-order valence-corrected chi connectivity index (χ3v) is 9.36. The molecule has 0 radical (unpaired) electrons. The topological polar surface area (TPSA) is 17.6 Å². The monoisotopic (exact) mass is 552 g/mol. The summed E-state index contributed by atoms with van der Waals surface area (Å²) in [5.74, 6) is 0. The van der Waals surface area contributed by atoms with Crippen molar-refractivity contribution in [2.24, 2.45) is 14.1 Å². The quantitative estimate of drug-likeness (QED) is 0.0877. The maximum atomic E-state index is 2.44. The lowest BCUT2D eigenvalue weighted by atomic mass is 9.70. The van der Waals surface area contributed by atoms with Crippen LogP contribution >= 0.6 is 0 Å². The summed E-state index contributed by atoms with van der Waals surface area (Å²) in [4.78, 5) is 0. The molecule has 0 unspecified atom stereocenters. The van der Waals surface area contributed by atoms with Crippen molar-refractivity contribution in [3.63, 3.8) is 0 Å². The Morgan fingerprint density at radius 3 is 1.32 bits per heavy atom. The molecule has 0 atom stereocenters. The van der Waals surface area contributed by atoms with Crippen LogP contribution in [0.1, 0.15) is 101 Å². The highest BCUT2D eigenvalue weighted by Crippen LogP contribution is 2.54. The second-order valence-corrected chi connectivity index (χ2v) is 12.5. The molecule has 4 heteroatoms. The van der Waals surface area contributed by atoms with Gasteiger partial charge in [0, 0.05) is 5.41 Å². The molecule has 0 aliphatic heterocycles. The highest BCUT2D eigenvalue weighted by atomic mass is 15.1. The SMILES string of the molecule is C[n+]1ccn(CCCCCCCCC2(CCCCCCCCn3cc[n+](C)c3)c3ccccc3-c3ccccc32)c1. The standard InChI is InChI=1S/C37H52N4/c1-38-27-29-40(31-38)25-17-9-5-3-7-15-23-37(24-16-8-4-6-10-18-26-41-30-28-39(2)32-41)35-21-13-11-19-33(35)34-20-12-14-22-36(34)37/h11-14,19-22,27-32H,3-10,15-18,23-26H2,1-2H3/q+2. The maximum Gasteiger partial charge on any atom is 0.243 e. The summed E-state index contributed by atoms with van der Waals surface area (Å²) in [7, 11) is 4.19. The largest absolute Gasteiger partial charge is 0.243 e. The number of hydrogen-bond acceptors (Lipinski definition) is 0. The van der Waals surface area contributed by atoms with Gasteiger partial charge in [-0.05, 0) is 60.8 Å². The predicted molar refractivity (Wildman–Crippen MR) is 169 cm³/mol. The average molecular weight is 553 g/mol. The van der Waals surface area contributed by atoms with E-state index < -0.39 is 0 Å². The number of nitrogens with zero attached hydrogens (tertiary/aromatic N) is 4. The summed E-state index contributed by atoms with van der Waals surface area (Å²) in [5, 5.41) is 0. The zero-order chi connectivity index (χ0) is 28.3. The molecule has 41 heavy (non-hydrogen) atoms. The van der Waals surface area contributed by atoms with Crippen LogP contribution in [0.25, 0.3) is 11.1 Å². The number of rotatable bonds is 18. The minimum Gasteiger partial charge on any atom is -0.240 e. The number of fused-ring (bicyclic) bond motifs is 3. The Morgan fingerprint density at radius 1 is 0.512 bits per heavy atom. The normalized spacial score (nSPS) is 13.4. The van der Waals surface area contributed by atoms with Gasteiger partial charge in [0.15, 0.2) is 0 Å². The van der Waals surface area contributed by atoms with Gasteiger partial charge in [0.2, 0.25) is 12.7 Å². The van der Waals surface area contributed by atoms with Crippen LogP contribution in [0.15, 0.2) is 86.0 Å². The summed E-state index contributed by atoms with van der Waals surface area (Å²) in [6.07, 6.45) is 31.6. The first kappa shape index (κ1) is 29.4. The van der Waals surface area contributed by atoms with Crippen molar-refractivity contribution in [3.8, 4) is 11.1 Å². The van der Waals surface area contributed by atoms with E-state index in [0.717, 1.165) is 13.1 Å². The molecule has 0 spiro atoms. The molecule has 2 aromatic carbocycles. The summed E-state index contributed by atoms with van der Waals surface area (Å²) in [6.45, 7) is 2.28. The Morgan fingerprint density at radius 2 is 0.902 bits per heavy atom. The number of aromatic nitrogens is 4. The van der Waals surface area contributed by atoms with Gasteiger partial charge >= 0.3 is 0 Å². The molecule has 4 aromatic rings. The van der Waals surface area contributed by atoms with Crippen LogP contribution in [0.2, 0.25) is 0 Å². The fourth-order valence-corrected chi connectivity index (χ4v) is 7.20. The number of imidazole rings is 2. The van der Waals surface area contributed by atoms with Crippen molar-refractivity contribution in [1.82, 2.24) is 9.13 Å². The first-order chi connectivity index (χ1) is 20.2. The van der Waals surface area contributed by atoms with E-state index in [-0.39, 0.29) is 5.41 Å². The Kier molecular flexibility index (Phi) is 10.5. The van der Waals surface area contributed by atoms with Gasteiger partial charge < -0.3 is 0 Å². The van der Waals surface area contributed by atoms with E-state index in [0.29, 0.717) is 0 Å². The van der Waals surface area contributed by atoms with Crippen LogP contribution < -0.4 is 9.13 Å². The van der Waals surface area contributed by atoms with Gasteiger partial charge in [-0.25, -0.2) is 18.3 Å². The predicted octanol–water partition coefficient (Wildman–Crippen LogP) is 8.07. The highest BCUT2D eigenvalue weighted by Gasteiger charge is 2.41. The van der Waals surface area contributed by atoms with Crippen molar-refractivity contribution in [3.05, 3.63) is 97.1 Å². The second-order valence-electron chi connectivity index (χ2n) is 12.5. The minimum absolute atomic E-state index is 0.196. The highest BCUT2D eigenvalue weighted by molar-refractivity contribution is 5.80. The number of unbranched alkanes of at least 4 members (excludes halogenated alkanes) is 10. The fraction of sp³-hybridized carbons (Fsp3) is 0.514. The molecular formula is C37H52N4+2. The Labute approximate surface area is 248 Å². The Balaban J connectivity index is 1.10. The minimum atomic E-state index is 0.196. The van der Waals surface area contributed by atoms with E-state index in [9.17, 15) is 0 Å². The van der Waals surface area contributed by atoms with E-state index >= 15 is 0 Å². The lowest BCUT2D eigenvalue weighted by Crippen LogP contribution is -2.25. The molecule has 2 heterocycles. The molecule has 0 bridgehead atoms.